The van der Waals surface area contributed by atoms with E-state index in [2.05, 4.69) is 15.0 Å². The zero-order valence-electron chi connectivity index (χ0n) is 10.7. The molecule has 2 rings (SSSR count). The fraction of sp³-hybridized carbons (Fsp3) is 0.0714. The minimum atomic E-state index is -0.667. The molecule has 1 aromatic carbocycles. The molecular weight excluding hydrogens is 260 g/mol. The number of rotatable bonds is 3. The van der Waals surface area contributed by atoms with Crippen molar-refractivity contribution in [3.8, 4) is 5.75 Å². The second kappa shape index (κ2) is 6.33. The van der Waals surface area contributed by atoms with Gasteiger partial charge in [-0.1, -0.05) is 18.2 Å². The van der Waals surface area contributed by atoms with Crippen LogP contribution in [0.25, 0.3) is 0 Å². The van der Waals surface area contributed by atoms with Crippen molar-refractivity contribution >= 4 is 17.7 Å². The van der Waals surface area contributed by atoms with Crippen LogP contribution in [0.15, 0.2) is 48.8 Å². The van der Waals surface area contributed by atoms with Gasteiger partial charge < -0.3 is 9.47 Å². The number of nitrogens with one attached hydrogen (secondary N) is 1. The van der Waals surface area contributed by atoms with E-state index in [1.165, 1.54) is 25.6 Å². The molecule has 1 amide bonds. The van der Waals surface area contributed by atoms with Gasteiger partial charge in [-0.3, -0.25) is 10.3 Å². The maximum atomic E-state index is 11.7. The minimum absolute atomic E-state index is 0.241. The lowest BCUT2D eigenvalue weighted by Crippen LogP contribution is -2.17. The van der Waals surface area contributed by atoms with Crippen LogP contribution in [0.2, 0.25) is 0 Å². The smallest absolute Gasteiger partial charge is 0.417 e. The zero-order valence-corrected chi connectivity index (χ0v) is 10.7. The van der Waals surface area contributed by atoms with Gasteiger partial charge in [-0.15, -0.1) is 0 Å². The van der Waals surface area contributed by atoms with Gasteiger partial charge in [0.1, 0.15) is 5.75 Å². The Labute approximate surface area is 115 Å². The van der Waals surface area contributed by atoms with Crippen molar-refractivity contribution in [2.75, 3.05) is 12.4 Å². The fourth-order valence-electron chi connectivity index (χ4n) is 1.48. The summed E-state index contributed by atoms with van der Waals surface area (Å²) in [4.78, 5) is 26.8. The second-order valence-electron chi connectivity index (χ2n) is 3.78. The second-order valence-corrected chi connectivity index (χ2v) is 3.78. The SMILES string of the molecule is COC(=O)c1cncc(NC(=O)Oc2ccccc2)c1. The van der Waals surface area contributed by atoms with Gasteiger partial charge in [-0.05, 0) is 18.2 Å². The number of nitrogens with zero attached hydrogens (tertiary/aromatic N) is 1. The van der Waals surface area contributed by atoms with Gasteiger partial charge in [0.25, 0.3) is 0 Å². The number of aromatic nitrogens is 1. The lowest BCUT2D eigenvalue weighted by atomic mass is 10.2. The summed E-state index contributed by atoms with van der Waals surface area (Å²) in [7, 11) is 1.27. The molecule has 0 bridgehead atoms. The predicted molar refractivity (Wildman–Crippen MR) is 71.7 cm³/mol. The molecule has 0 fully saturated rings. The van der Waals surface area contributed by atoms with Crippen molar-refractivity contribution in [1.29, 1.82) is 0 Å². The summed E-state index contributed by atoms with van der Waals surface area (Å²) in [6.45, 7) is 0. The number of ether oxygens (including phenoxy) is 2. The number of carbonyl (C=O) groups excluding carboxylic acids is 2. The van der Waals surface area contributed by atoms with Crippen LogP contribution in [-0.4, -0.2) is 24.2 Å². The quantitative estimate of drug-likeness (QED) is 0.868. The molecule has 1 N–H and O–H groups in total. The van der Waals surface area contributed by atoms with Crippen LogP contribution in [0.1, 0.15) is 10.4 Å². The molecule has 0 radical (unpaired) electrons. The number of para-hydroxylation sites is 1. The average Bonchev–Trinajstić information content (AvgIpc) is 2.47. The van der Waals surface area contributed by atoms with Crippen molar-refractivity contribution in [3.05, 3.63) is 54.4 Å². The molecule has 102 valence electrons. The topological polar surface area (TPSA) is 77.5 Å². The highest BCUT2D eigenvalue weighted by Gasteiger charge is 2.09. The van der Waals surface area contributed by atoms with E-state index in [1.807, 2.05) is 6.07 Å². The maximum Gasteiger partial charge on any atom is 0.417 e. The van der Waals surface area contributed by atoms with Crippen LogP contribution in [-0.2, 0) is 4.74 Å². The molecule has 1 aromatic heterocycles. The minimum Gasteiger partial charge on any atom is -0.465 e. The molecule has 1 heterocycles. The Kier molecular flexibility index (Phi) is 4.28. The third kappa shape index (κ3) is 3.55. The molecule has 6 heteroatoms. The van der Waals surface area contributed by atoms with Crippen LogP contribution < -0.4 is 10.1 Å². The summed E-state index contributed by atoms with van der Waals surface area (Å²) < 4.78 is 9.62. The average molecular weight is 272 g/mol. The third-order valence-corrected chi connectivity index (χ3v) is 2.36. The normalized spacial score (nSPS) is 9.65. The Morgan fingerprint density at radius 3 is 2.60 bits per heavy atom. The lowest BCUT2D eigenvalue weighted by molar-refractivity contribution is 0.0600. The number of methoxy groups -OCH3 is 1. The van der Waals surface area contributed by atoms with E-state index in [-0.39, 0.29) is 5.56 Å². The van der Waals surface area contributed by atoms with Crippen molar-refractivity contribution in [3.63, 3.8) is 0 Å². The first-order valence-electron chi connectivity index (χ1n) is 5.76. The molecule has 20 heavy (non-hydrogen) atoms. The lowest BCUT2D eigenvalue weighted by Gasteiger charge is -2.07. The van der Waals surface area contributed by atoms with Crippen LogP contribution in [0.4, 0.5) is 10.5 Å². The van der Waals surface area contributed by atoms with E-state index >= 15 is 0 Å². The van der Waals surface area contributed by atoms with Crippen LogP contribution in [0.5, 0.6) is 5.75 Å². The fourth-order valence-corrected chi connectivity index (χ4v) is 1.48. The molecule has 0 aliphatic heterocycles. The summed E-state index contributed by atoms with van der Waals surface area (Å²) >= 11 is 0. The number of esters is 1. The van der Waals surface area contributed by atoms with E-state index < -0.39 is 12.1 Å². The number of pyridine rings is 1. The number of carbonyl (C=O) groups is 2. The first kappa shape index (κ1) is 13.5. The first-order valence-corrected chi connectivity index (χ1v) is 5.76. The largest absolute Gasteiger partial charge is 0.465 e. The van der Waals surface area contributed by atoms with Crippen molar-refractivity contribution in [1.82, 2.24) is 4.98 Å². The van der Waals surface area contributed by atoms with Crippen LogP contribution in [0.3, 0.4) is 0 Å². The molecule has 0 aliphatic rings. The zero-order chi connectivity index (χ0) is 14.4. The number of anilines is 1. The Morgan fingerprint density at radius 1 is 1.15 bits per heavy atom. The monoisotopic (exact) mass is 272 g/mol. The number of amides is 1. The Bertz CT molecular complexity index is 614. The van der Waals surface area contributed by atoms with E-state index in [1.54, 1.807) is 24.3 Å². The highest BCUT2D eigenvalue weighted by molar-refractivity contribution is 5.92. The standard InChI is InChI=1S/C14H12N2O4/c1-19-13(17)10-7-11(9-15-8-10)16-14(18)20-12-5-3-2-4-6-12/h2-9H,1H3,(H,16,18). The summed E-state index contributed by atoms with van der Waals surface area (Å²) in [6, 6.07) is 10.1. The summed E-state index contributed by atoms with van der Waals surface area (Å²) in [6.07, 6.45) is 2.08. The maximum absolute atomic E-state index is 11.7. The van der Waals surface area contributed by atoms with Gasteiger partial charge in [0.05, 0.1) is 24.6 Å². The highest BCUT2D eigenvalue weighted by Crippen LogP contribution is 2.12. The van der Waals surface area contributed by atoms with Crippen molar-refractivity contribution < 1.29 is 19.1 Å². The number of hydrogen-bond donors (Lipinski definition) is 1. The van der Waals surface area contributed by atoms with Gasteiger partial charge in [0.2, 0.25) is 0 Å². The molecule has 0 atom stereocenters. The summed E-state index contributed by atoms with van der Waals surface area (Å²) in [5.74, 6) is -0.111. The molecule has 0 spiro atoms. The summed E-state index contributed by atoms with van der Waals surface area (Å²) in [5, 5.41) is 2.48. The molecule has 0 unspecified atom stereocenters. The predicted octanol–water partition coefficient (Wildman–Crippen LogP) is 2.48. The molecular formula is C14H12N2O4. The van der Waals surface area contributed by atoms with E-state index in [9.17, 15) is 9.59 Å². The van der Waals surface area contributed by atoms with Gasteiger partial charge in [0, 0.05) is 6.20 Å². The van der Waals surface area contributed by atoms with E-state index in [0.717, 1.165) is 0 Å². The molecule has 0 saturated carbocycles. The molecule has 2 aromatic rings. The first-order chi connectivity index (χ1) is 9.69. The van der Waals surface area contributed by atoms with Crippen molar-refractivity contribution in [2.45, 2.75) is 0 Å². The highest BCUT2D eigenvalue weighted by atomic mass is 16.6. The van der Waals surface area contributed by atoms with Crippen LogP contribution in [0, 0.1) is 0 Å². The van der Waals surface area contributed by atoms with Crippen LogP contribution >= 0.6 is 0 Å². The van der Waals surface area contributed by atoms with E-state index in [0.29, 0.717) is 11.4 Å². The molecule has 6 nitrogen and oxygen atoms in total. The number of benzene rings is 1. The van der Waals surface area contributed by atoms with Gasteiger partial charge >= 0.3 is 12.1 Å². The third-order valence-electron chi connectivity index (χ3n) is 2.36. The van der Waals surface area contributed by atoms with Gasteiger partial charge in [-0.25, -0.2) is 9.59 Å². The number of hydrogen-bond acceptors (Lipinski definition) is 5. The molecule has 0 saturated heterocycles. The Hall–Kier alpha value is -2.89. The Morgan fingerprint density at radius 2 is 1.90 bits per heavy atom. The Balaban J connectivity index is 2.03. The molecule has 0 aliphatic carbocycles. The summed E-state index contributed by atoms with van der Waals surface area (Å²) in [5.41, 5.74) is 0.582. The van der Waals surface area contributed by atoms with Crippen molar-refractivity contribution in [2.24, 2.45) is 0 Å². The van der Waals surface area contributed by atoms with E-state index in [4.69, 9.17) is 4.74 Å². The van der Waals surface area contributed by atoms with Gasteiger partial charge in [0.15, 0.2) is 0 Å². The van der Waals surface area contributed by atoms with Gasteiger partial charge in [-0.2, -0.15) is 0 Å².